The van der Waals surface area contributed by atoms with Gasteiger partial charge in [-0.15, -0.1) is 0 Å². The van der Waals surface area contributed by atoms with Gasteiger partial charge in [-0.2, -0.15) is 5.10 Å². The number of aromatic nitrogens is 3. The van der Waals surface area contributed by atoms with Crippen molar-refractivity contribution in [1.82, 2.24) is 20.1 Å². The summed E-state index contributed by atoms with van der Waals surface area (Å²) in [6.45, 7) is 3.65. The lowest BCUT2D eigenvalue weighted by atomic mass is 10.0. The number of aryl methyl sites for hydroxylation is 3. The number of pyridine rings is 1. The molecule has 1 unspecified atom stereocenters. The van der Waals surface area contributed by atoms with E-state index in [0.717, 1.165) is 0 Å². The van der Waals surface area contributed by atoms with Gasteiger partial charge in [0.2, 0.25) is 0 Å². The molecule has 9 heteroatoms. The summed E-state index contributed by atoms with van der Waals surface area (Å²) >= 11 is 0. The number of benzene rings is 1. The summed E-state index contributed by atoms with van der Waals surface area (Å²) in [7, 11) is 6.16. The van der Waals surface area contributed by atoms with Gasteiger partial charge in [0.05, 0.1) is 50.4 Å². The number of rotatable bonds is 7. The van der Waals surface area contributed by atoms with E-state index in [1.165, 1.54) is 14.2 Å². The van der Waals surface area contributed by atoms with Crippen LogP contribution >= 0.6 is 0 Å². The van der Waals surface area contributed by atoms with Crippen LogP contribution in [0.2, 0.25) is 0 Å². The van der Waals surface area contributed by atoms with Crippen molar-refractivity contribution in [3.05, 3.63) is 46.8 Å². The molecule has 2 heterocycles. The van der Waals surface area contributed by atoms with Gasteiger partial charge in [-0.05, 0) is 37.6 Å². The third-order valence-electron chi connectivity index (χ3n) is 5.06. The predicted molar refractivity (Wildman–Crippen MR) is 114 cm³/mol. The van der Waals surface area contributed by atoms with Crippen LogP contribution in [0.3, 0.4) is 0 Å². The van der Waals surface area contributed by atoms with Crippen molar-refractivity contribution >= 4 is 22.9 Å². The third kappa shape index (κ3) is 4.45. The lowest BCUT2D eigenvalue weighted by molar-refractivity contribution is -0.141. The van der Waals surface area contributed by atoms with Crippen LogP contribution < -0.4 is 14.8 Å². The van der Waals surface area contributed by atoms with E-state index in [9.17, 15) is 9.59 Å². The molecule has 0 bridgehead atoms. The summed E-state index contributed by atoms with van der Waals surface area (Å²) in [6.07, 6.45) is -0.0447. The van der Waals surface area contributed by atoms with Gasteiger partial charge in [-0.3, -0.25) is 14.3 Å². The molecule has 1 N–H and O–H groups in total. The van der Waals surface area contributed by atoms with E-state index in [1.807, 2.05) is 13.8 Å². The molecule has 0 spiro atoms. The van der Waals surface area contributed by atoms with Crippen LogP contribution in [0.5, 0.6) is 11.5 Å². The van der Waals surface area contributed by atoms with Crippen LogP contribution in [0.4, 0.5) is 0 Å². The van der Waals surface area contributed by atoms with Crippen molar-refractivity contribution in [2.75, 3.05) is 21.3 Å². The Morgan fingerprint density at radius 1 is 1.10 bits per heavy atom. The van der Waals surface area contributed by atoms with Crippen molar-refractivity contribution in [1.29, 1.82) is 0 Å². The van der Waals surface area contributed by atoms with Crippen molar-refractivity contribution in [2.45, 2.75) is 26.3 Å². The molecule has 3 aromatic rings. The molecule has 3 rings (SSSR count). The number of hydrogen-bond acceptors (Lipinski definition) is 7. The number of carbonyl (C=O) groups is 2. The Kier molecular flexibility index (Phi) is 6.43. The topological polar surface area (TPSA) is 105 Å². The highest BCUT2D eigenvalue weighted by Gasteiger charge is 2.24. The number of nitrogens with zero attached hydrogens (tertiary/aromatic N) is 3. The zero-order valence-corrected chi connectivity index (χ0v) is 18.5. The first-order chi connectivity index (χ1) is 14.8. The molecule has 0 aliphatic rings. The smallest absolute Gasteiger partial charge is 0.307 e. The van der Waals surface area contributed by atoms with E-state index < -0.39 is 12.0 Å². The molecule has 0 saturated heterocycles. The molecule has 0 fully saturated rings. The van der Waals surface area contributed by atoms with E-state index >= 15 is 0 Å². The van der Waals surface area contributed by atoms with Gasteiger partial charge in [0.1, 0.15) is 0 Å². The Labute approximate surface area is 180 Å². The molecular formula is C22H26N4O5. The van der Waals surface area contributed by atoms with Crippen LogP contribution in [-0.4, -0.2) is 48.0 Å². The lowest BCUT2D eigenvalue weighted by Crippen LogP contribution is -2.31. The zero-order chi connectivity index (χ0) is 22.7. The highest BCUT2D eigenvalue weighted by Crippen LogP contribution is 2.31. The summed E-state index contributed by atoms with van der Waals surface area (Å²) in [5.41, 5.74) is 3.14. The fourth-order valence-corrected chi connectivity index (χ4v) is 3.56. The van der Waals surface area contributed by atoms with Gasteiger partial charge in [0, 0.05) is 12.7 Å². The van der Waals surface area contributed by atoms with E-state index in [1.54, 1.807) is 43.1 Å². The standard InChI is InChI=1S/C22H26N4O5/c1-12-9-15(20-13(2)25-26(3)21(20)23-12)22(28)24-16(11-19(27)31-6)14-7-8-17(29-4)18(10-14)30-5/h7-10,16H,11H2,1-6H3,(H,24,28). The van der Waals surface area contributed by atoms with Crippen molar-refractivity contribution in [2.24, 2.45) is 7.05 Å². The fourth-order valence-electron chi connectivity index (χ4n) is 3.56. The second-order valence-electron chi connectivity index (χ2n) is 7.14. The van der Waals surface area contributed by atoms with E-state index in [2.05, 4.69) is 15.4 Å². The van der Waals surface area contributed by atoms with Crippen LogP contribution in [0.15, 0.2) is 24.3 Å². The minimum Gasteiger partial charge on any atom is -0.493 e. The van der Waals surface area contributed by atoms with Gasteiger partial charge >= 0.3 is 5.97 Å². The molecule has 1 amide bonds. The Hall–Kier alpha value is -3.62. The van der Waals surface area contributed by atoms with Crippen molar-refractivity contribution in [3.8, 4) is 11.5 Å². The van der Waals surface area contributed by atoms with Crippen molar-refractivity contribution in [3.63, 3.8) is 0 Å². The number of nitrogens with one attached hydrogen (secondary N) is 1. The predicted octanol–water partition coefficient (Wildman–Crippen LogP) is 2.64. The number of ether oxygens (including phenoxy) is 3. The Morgan fingerprint density at radius 2 is 1.81 bits per heavy atom. The van der Waals surface area contributed by atoms with E-state index in [-0.39, 0.29) is 12.3 Å². The Bertz CT molecular complexity index is 1140. The zero-order valence-electron chi connectivity index (χ0n) is 18.5. The summed E-state index contributed by atoms with van der Waals surface area (Å²) in [5, 5.41) is 8.02. The summed E-state index contributed by atoms with van der Waals surface area (Å²) in [4.78, 5) is 29.9. The lowest BCUT2D eigenvalue weighted by Gasteiger charge is -2.20. The molecule has 1 atom stereocenters. The highest BCUT2D eigenvalue weighted by atomic mass is 16.5. The summed E-state index contributed by atoms with van der Waals surface area (Å²) < 4.78 is 17.1. The normalized spacial score (nSPS) is 11.8. The first-order valence-corrected chi connectivity index (χ1v) is 9.69. The maximum Gasteiger partial charge on any atom is 0.307 e. The number of hydrogen-bond donors (Lipinski definition) is 1. The summed E-state index contributed by atoms with van der Waals surface area (Å²) in [6, 6.07) is 6.31. The minimum atomic E-state index is -0.639. The molecule has 0 aliphatic heterocycles. The molecule has 0 aliphatic carbocycles. The second kappa shape index (κ2) is 9.03. The average molecular weight is 426 g/mol. The number of amides is 1. The minimum absolute atomic E-state index is 0.0447. The summed E-state index contributed by atoms with van der Waals surface area (Å²) in [5.74, 6) is 0.255. The monoisotopic (exact) mass is 426 g/mol. The molecular weight excluding hydrogens is 400 g/mol. The maximum atomic E-state index is 13.3. The third-order valence-corrected chi connectivity index (χ3v) is 5.06. The quantitative estimate of drug-likeness (QED) is 0.579. The number of fused-ring (bicyclic) bond motifs is 1. The molecule has 164 valence electrons. The van der Waals surface area contributed by atoms with Gasteiger partial charge in [0.15, 0.2) is 17.1 Å². The highest BCUT2D eigenvalue weighted by molar-refractivity contribution is 6.06. The largest absolute Gasteiger partial charge is 0.493 e. The first kappa shape index (κ1) is 22.1. The second-order valence-corrected chi connectivity index (χ2v) is 7.14. The van der Waals surface area contributed by atoms with Crippen LogP contribution in [0.1, 0.15) is 39.8 Å². The number of carbonyl (C=O) groups excluding carboxylic acids is 2. The van der Waals surface area contributed by atoms with Crippen LogP contribution in [-0.2, 0) is 16.6 Å². The SMILES string of the molecule is COC(=O)CC(NC(=O)c1cc(C)nc2c1c(C)nn2C)c1ccc(OC)c(OC)c1. The van der Waals surface area contributed by atoms with Gasteiger partial charge in [-0.1, -0.05) is 6.07 Å². The average Bonchev–Trinajstić information content (AvgIpc) is 3.04. The Morgan fingerprint density at radius 3 is 2.45 bits per heavy atom. The Balaban J connectivity index is 2.02. The van der Waals surface area contributed by atoms with Crippen LogP contribution in [0, 0.1) is 13.8 Å². The van der Waals surface area contributed by atoms with Gasteiger partial charge in [0.25, 0.3) is 5.91 Å². The number of esters is 1. The van der Waals surface area contributed by atoms with Crippen LogP contribution in [0.25, 0.3) is 11.0 Å². The first-order valence-electron chi connectivity index (χ1n) is 9.69. The van der Waals surface area contributed by atoms with E-state index in [4.69, 9.17) is 14.2 Å². The molecule has 0 radical (unpaired) electrons. The molecule has 1 aromatic carbocycles. The molecule has 0 saturated carbocycles. The molecule has 31 heavy (non-hydrogen) atoms. The molecule has 2 aromatic heterocycles. The fraction of sp³-hybridized carbons (Fsp3) is 0.364. The molecule has 9 nitrogen and oxygen atoms in total. The van der Waals surface area contributed by atoms with E-state index in [0.29, 0.717) is 45.0 Å². The van der Waals surface area contributed by atoms with Gasteiger partial charge in [-0.25, -0.2) is 4.98 Å². The van der Waals surface area contributed by atoms with Crippen molar-refractivity contribution < 1.29 is 23.8 Å². The number of methoxy groups -OCH3 is 3. The van der Waals surface area contributed by atoms with Gasteiger partial charge < -0.3 is 19.5 Å². The maximum absolute atomic E-state index is 13.3.